The van der Waals surface area contributed by atoms with Crippen LogP contribution < -0.4 is 5.32 Å². The second-order valence-electron chi connectivity index (χ2n) is 5.51. The standard InChI is InChI=1S/C16H20N4O3/c1-12(21)17-10-15-18-13-4-2-3-5-14(13)20(15)11-16(22)19-6-8-23-9-7-19/h2-5H,6-11H2,1H3,(H,17,21). The smallest absolute Gasteiger partial charge is 0.242 e. The lowest BCUT2D eigenvalue weighted by Crippen LogP contribution is -2.42. The third kappa shape index (κ3) is 3.50. The number of fused-ring (bicyclic) bond motifs is 1. The summed E-state index contributed by atoms with van der Waals surface area (Å²) in [6.45, 7) is 4.38. The molecule has 2 heterocycles. The summed E-state index contributed by atoms with van der Waals surface area (Å²) in [4.78, 5) is 30.1. The van der Waals surface area contributed by atoms with Gasteiger partial charge in [0.05, 0.1) is 30.8 Å². The third-order valence-corrected chi connectivity index (χ3v) is 3.89. The van der Waals surface area contributed by atoms with Crippen molar-refractivity contribution in [3.8, 4) is 0 Å². The normalized spacial score (nSPS) is 14.9. The van der Waals surface area contributed by atoms with Gasteiger partial charge in [-0.3, -0.25) is 9.59 Å². The summed E-state index contributed by atoms with van der Waals surface area (Å²) in [5.41, 5.74) is 1.72. The topological polar surface area (TPSA) is 76.5 Å². The first-order chi connectivity index (χ1) is 11.1. The number of carbonyl (C=O) groups excluding carboxylic acids is 2. The molecule has 7 nitrogen and oxygen atoms in total. The van der Waals surface area contributed by atoms with Crippen molar-refractivity contribution < 1.29 is 14.3 Å². The molecule has 1 N–H and O–H groups in total. The van der Waals surface area contributed by atoms with Crippen molar-refractivity contribution in [2.75, 3.05) is 26.3 Å². The van der Waals surface area contributed by atoms with E-state index in [-0.39, 0.29) is 18.4 Å². The highest BCUT2D eigenvalue weighted by atomic mass is 16.5. The van der Waals surface area contributed by atoms with Gasteiger partial charge in [0.15, 0.2) is 0 Å². The number of nitrogens with zero attached hydrogens (tertiary/aromatic N) is 3. The summed E-state index contributed by atoms with van der Waals surface area (Å²) in [6, 6.07) is 7.67. The number of benzene rings is 1. The van der Waals surface area contributed by atoms with Crippen LogP contribution in [0.5, 0.6) is 0 Å². The first kappa shape index (κ1) is 15.5. The number of hydrogen-bond acceptors (Lipinski definition) is 4. The van der Waals surface area contributed by atoms with Gasteiger partial charge in [-0.05, 0) is 12.1 Å². The first-order valence-corrected chi connectivity index (χ1v) is 7.69. The highest BCUT2D eigenvalue weighted by Gasteiger charge is 2.20. The van der Waals surface area contributed by atoms with Crippen LogP contribution in [0, 0.1) is 0 Å². The van der Waals surface area contributed by atoms with Gasteiger partial charge in [-0.1, -0.05) is 12.1 Å². The van der Waals surface area contributed by atoms with Crippen LogP contribution in [0.3, 0.4) is 0 Å². The van der Waals surface area contributed by atoms with Crippen molar-refractivity contribution in [3.05, 3.63) is 30.1 Å². The van der Waals surface area contributed by atoms with Crippen LogP contribution >= 0.6 is 0 Å². The number of aromatic nitrogens is 2. The third-order valence-electron chi connectivity index (χ3n) is 3.89. The SMILES string of the molecule is CC(=O)NCc1nc2ccccc2n1CC(=O)N1CCOCC1. The van der Waals surface area contributed by atoms with E-state index in [0.29, 0.717) is 38.7 Å². The van der Waals surface area contributed by atoms with Crippen LogP contribution in [-0.4, -0.2) is 52.6 Å². The summed E-state index contributed by atoms with van der Waals surface area (Å²) in [5.74, 6) is 0.603. The Labute approximate surface area is 134 Å². The molecule has 23 heavy (non-hydrogen) atoms. The largest absolute Gasteiger partial charge is 0.378 e. The maximum absolute atomic E-state index is 12.5. The molecule has 1 aromatic heterocycles. The van der Waals surface area contributed by atoms with Crippen LogP contribution in [-0.2, 0) is 27.4 Å². The number of imidazole rings is 1. The zero-order valence-corrected chi connectivity index (χ0v) is 13.1. The minimum Gasteiger partial charge on any atom is -0.378 e. The average molecular weight is 316 g/mol. The number of rotatable bonds is 4. The second-order valence-corrected chi connectivity index (χ2v) is 5.51. The molecule has 0 unspecified atom stereocenters. The molecule has 1 aliphatic rings. The fraction of sp³-hybridized carbons (Fsp3) is 0.438. The lowest BCUT2D eigenvalue weighted by atomic mass is 10.3. The van der Waals surface area contributed by atoms with E-state index in [1.165, 1.54) is 6.92 Å². The van der Waals surface area contributed by atoms with Crippen LogP contribution in [0.15, 0.2) is 24.3 Å². The van der Waals surface area contributed by atoms with Crippen molar-refractivity contribution in [3.63, 3.8) is 0 Å². The number of amides is 2. The predicted molar refractivity (Wildman–Crippen MR) is 84.7 cm³/mol. The number of nitrogens with one attached hydrogen (secondary N) is 1. The molecule has 0 saturated carbocycles. The molecule has 0 atom stereocenters. The highest BCUT2D eigenvalue weighted by Crippen LogP contribution is 2.16. The Balaban J connectivity index is 1.85. The molecule has 1 aromatic carbocycles. The minimum absolute atomic E-state index is 0.0422. The maximum atomic E-state index is 12.5. The van der Waals surface area contributed by atoms with Gasteiger partial charge in [-0.25, -0.2) is 4.98 Å². The van der Waals surface area contributed by atoms with Crippen LogP contribution in [0.2, 0.25) is 0 Å². The van der Waals surface area contributed by atoms with E-state index >= 15 is 0 Å². The van der Waals surface area contributed by atoms with Gasteiger partial charge in [-0.15, -0.1) is 0 Å². The van der Waals surface area contributed by atoms with E-state index in [2.05, 4.69) is 10.3 Å². The lowest BCUT2D eigenvalue weighted by molar-refractivity contribution is -0.135. The number of carbonyl (C=O) groups is 2. The summed E-state index contributed by atoms with van der Waals surface area (Å²) in [7, 11) is 0. The molecule has 0 radical (unpaired) electrons. The quantitative estimate of drug-likeness (QED) is 0.893. The van der Waals surface area contributed by atoms with E-state index in [9.17, 15) is 9.59 Å². The Bertz CT molecular complexity index is 719. The monoisotopic (exact) mass is 316 g/mol. The summed E-state index contributed by atoms with van der Waals surface area (Å²) >= 11 is 0. The van der Waals surface area contributed by atoms with Crippen molar-refractivity contribution in [1.29, 1.82) is 0 Å². The van der Waals surface area contributed by atoms with Crippen LogP contribution in [0.4, 0.5) is 0 Å². The van der Waals surface area contributed by atoms with Gasteiger partial charge in [-0.2, -0.15) is 0 Å². The van der Waals surface area contributed by atoms with Crippen molar-refractivity contribution in [1.82, 2.24) is 19.8 Å². The lowest BCUT2D eigenvalue weighted by Gasteiger charge is -2.27. The Hall–Kier alpha value is -2.41. The van der Waals surface area contributed by atoms with Gasteiger partial charge < -0.3 is 19.5 Å². The molecule has 2 amide bonds. The molecule has 0 bridgehead atoms. The summed E-state index contributed by atoms with van der Waals surface area (Å²) in [5, 5.41) is 2.75. The van der Waals surface area contributed by atoms with E-state index in [4.69, 9.17) is 4.74 Å². The molecule has 3 rings (SSSR count). The number of hydrogen-bond donors (Lipinski definition) is 1. The molecular weight excluding hydrogens is 296 g/mol. The fourth-order valence-electron chi connectivity index (χ4n) is 2.69. The molecular formula is C16H20N4O3. The predicted octanol–water partition coefficient (Wildman–Crippen LogP) is 0.531. The Kier molecular flexibility index (Phi) is 4.57. The number of ether oxygens (including phenoxy) is 1. The van der Waals surface area contributed by atoms with E-state index < -0.39 is 0 Å². The molecule has 122 valence electrons. The summed E-state index contributed by atoms with van der Waals surface area (Å²) < 4.78 is 7.16. The van der Waals surface area contributed by atoms with Crippen LogP contribution in [0.25, 0.3) is 11.0 Å². The Morgan fingerprint density at radius 2 is 2.00 bits per heavy atom. The molecule has 1 fully saturated rings. The second kappa shape index (κ2) is 6.78. The Morgan fingerprint density at radius 3 is 2.74 bits per heavy atom. The van der Waals surface area contributed by atoms with E-state index in [1.807, 2.05) is 28.8 Å². The van der Waals surface area contributed by atoms with Gasteiger partial charge in [0, 0.05) is 20.0 Å². The first-order valence-electron chi connectivity index (χ1n) is 7.69. The molecule has 1 saturated heterocycles. The maximum Gasteiger partial charge on any atom is 0.242 e. The number of para-hydroxylation sites is 2. The molecule has 2 aromatic rings. The Morgan fingerprint density at radius 1 is 1.26 bits per heavy atom. The van der Waals surface area contributed by atoms with Gasteiger partial charge >= 0.3 is 0 Å². The van der Waals surface area contributed by atoms with Crippen LogP contribution in [0.1, 0.15) is 12.7 Å². The van der Waals surface area contributed by atoms with Gasteiger partial charge in [0.2, 0.25) is 11.8 Å². The van der Waals surface area contributed by atoms with Crippen molar-refractivity contribution in [2.24, 2.45) is 0 Å². The highest BCUT2D eigenvalue weighted by molar-refractivity contribution is 5.81. The average Bonchev–Trinajstić information content (AvgIpc) is 2.91. The molecule has 1 aliphatic heterocycles. The number of morpholine rings is 1. The van der Waals surface area contributed by atoms with Crippen molar-refractivity contribution >= 4 is 22.8 Å². The fourth-order valence-corrected chi connectivity index (χ4v) is 2.69. The van der Waals surface area contributed by atoms with Gasteiger partial charge in [0.1, 0.15) is 12.4 Å². The molecule has 7 heteroatoms. The minimum atomic E-state index is -0.122. The van der Waals surface area contributed by atoms with Crippen molar-refractivity contribution in [2.45, 2.75) is 20.0 Å². The summed E-state index contributed by atoms with van der Waals surface area (Å²) in [6.07, 6.45) is 0. The van der Waals surface area contributed by atoms with Gasteiger partial charge in [0.25, 0.3) is 0 Å². The molecule has 0 spiro atoms. The molecule has 0 aliphatic carbocycles. The van der Waals surface area contributed by atoms with E-state index in [0.717, 1.165) is 11.0 Å². The zero-order valence-electron chi connectivity index (χ0n) is 13.1. The zero-order chi connectivity index (χ0) is 16.2. The van der Waals surface area contributed by atoms with E-state index in [1.54, 1.807) is 4.90 Å².